The van der Waals surface area contributed by atoms with E-state index in [9.17, 15) is 19.2 Å². The number of hydrogen-bond acceptors (Lipinski definition) is 9. The zero-order valence-corrected chi connectivity index (χ0v) is 24.5. The number of alkyl carbamates (subject to hydrolysis) is 2. The Labute approximate surface area is 244 Å². The van der Waals surface area contributed by atoms with Crippen molar-refractivity contribution in [1.82, 2.24) is 10.6 Å². The van der Waals surface area contributed by atoms with Crippen LogP contribution < -0.4 is 10.6 Å². The van der Waals surface area contributed by atoms with E-state index in [1.54, 1.807) is 20.8 Å². The molecule has 2 amide bonds. The van der Waals surface area contributed by atoms with Gasteiger partial charge in [0.2, 0.25) is 0 Å². The summed E-state index contributed by atoms with van der Waals surface area (Å²) < 4.78 is 20.7. The lowest BCUT2D eigenvalue weighted by molar-refractivity contribution is -0.144. The smallest absolute Gasteiger partial charge is 0.408 e. The van der Waals surface area contributed by atoms with Crippen LogP contribution in [0.1, 0.15) is 37.8 Å². The standard InChI is InChI=1S/C30H36N2O8S/c1-6-15-38-27(34)25(18-41-17-24(26(33)37-5)32-29(36)40-30(2,3)4)31-28(35)39-16-23-21-13-9-7-11-19(21)20-12-8-10-14-22(20)23/h6-14,23-25H,1,15-18H2,2-5H3,(H,31,35)(H,32,36)/t24-,25+/m1/s1. The van der Waals surface area contributed by atoms with Crippen molar-refractivity contribution >= 4 is 35.9 Å². The van der Waals surface area contributed by atoms with Crippen molar-refractivity contribution in [2.45, 2.75) is 44.4 Å². The van der Waals surface area contributed by atoms with Gasteiger partial charge in [-0.05, 0) is 43.0 Å². The molecule has 0 spiro atoms. The minimum atomic E-state index is -1.09. The summed E-state index contributed by atoms with van der Waals surface area (Å²) in [5.74, 6) is -1.44. The molecule has 10 nitrogen and oxygen atoms in total. The number of thioether (sulfide) groups is 1. The molecule has 0 heterocycles. The Morgan fingerprint density at radius 2 is 1.41 bits per heavy atom. The van der Waals surface area contributed by atoms with Crippen molar-refractivity contribution < 1.29 is 38.1 Å². The largest absolute Gasteiger partial charge is 0.467 e. The Morgan fingerprint density at radius 3 is 1.95 bits per heavy atom. The van der Waals surface area contributed by atoms with Crippen LogP contribution >= 0.6 is 11.8 Å². The van der Waals surface area contributed by atoms with Crippen LogP contribution in [-0.2, 0) is 28.5 Å². The maximum absolute atomic E-state index is 12.8. The second kappa shape index (κ2) is 14.6. The first kappa shape index (κ1) is 31.5. The van der Waals surface area contributed by atoms with Crippen molar-refractivity contribution in [1.29, 1.82) is 0 Å². The third kappa shape index (κ3) is 9.01. The van der Waals surface area contributed by atoms with E-state index < -0.39 is 41.8 Å². The van der Waals surface area contributed by atoms with Crippen molar-refractivity contribution in [3.05, 3.63) is 72.3 Å². The summed E-state index contributed by atoms with van der Waals surface area (Å²) in [5, 5.41) is 5.04. The monoisotopic (exact) mass is 584 g/mol. The number of benzene rings is 2. The summed E-state index contributed by atoms with van der Waals surface area (Å²) in [6.07, 6.45) is -0.162. The number of carbonyl (C=O) groups is 4. The highest BCUT2D eigenvalue weighted by molar-refractivity contribution is 7.99. The van der Waals surface area contributed by atoms with Gasteiger partial charge in [0.25, 0.3) is 0 Å². The number of methoxy groups -OCH3 is 1. The van der Waals surface area contributed by atoms with Crippen LogP contribution in [0.2, 0.25) is 0 Å². The van der Waals surface area contributed by atoms with Crippen LogP contribution in [0.25, 0.3) is 11.1 Å². The highest BCUT2D eigenvalue weighted by Gasteiger charge is 2.31. The van der Waals surface area contributed by atoms with E-state index in [2.05, 4.69) is 17.2 Å². The van der Waals surface area contributed by atoms with Crippen LogP contribution in [0.3, 0.4) is 0 Å². The third-order valence-electron chi connectivity index (χ3n) is 6.01. The summed E-state index contributed by atoms with van der Waals surface area (Å²) in [6.45, 7) is 8.66. The molecule has 2 atom stereocenters. The Kier molecular flexibility index (Phi) is 11.2. The topological polar surface area (TPSA) is 129 Å². The van der Waals surface area contributed by atoms with Crippen LogP contribution in [0.4, 0.5) is 9.59 Å². The SMILES string of the molecule is C=CCOC(=O)[C@H](CSC[C@@H](NC(=O)OC(C)(C)C)C(=O)OC)NC(=O)OCC1c2ccccc2-c2ccccc21. The first-order valence-corrected chi connectivity index (χ1v) is 14.2. The maximum Gasteiger partial charge on any atom is 0.408 e. The predicted octanol–water partition coefficient (Wildman–Crippen LogP) is 4.42. The highest BCUT2D eigenvalue weighted by Crippen LogP contribution is 2.44. The van der Waals surface area contributed by atoms with E-state index in [1.165, 1.54) is 13.2 Å². The van der Waals surface area contributed by atoms with E-state index in [0.29, 0.717) is 0 Å². The Balaban J connectivity index is 1.61. The van der Waals surface area contributed by atoms with E-state index in [-0.39, 0.29) is 30.6 Å². The molecule has 2 aromatic rings. The first-order valence-electron chi connectivity index (χ1n) is 13.1. The fourth-order valence-corrected chi connectivity index (χ4v) is 5.30. The first-order chi connectivity index (χ1) is 19.5. The normalized spacial score (nSPS) is 13.6. The third-order valence-corrected chi connectivity index (χ3v) is 7.15. The molecule has 0 fully saturated rings. The number of rotatable bonds is 12. The maximum atomic E-state index is 12.8. The van der Waals surface area contributed by atoms with E-state index in [4.69, 9.17) is 18.9 Å². The number of amides is 2. The van der Waals surface area contributed by atoms with Crippen LogP contribution in [0, 0.1) is 0 Å². The van der Waals surface area contributed by atoms with Gasteiger partial charge in [-0.25, -0.2) is 19.2 Å². The molecule has 41 heavy (non-hydrogen) atoms. The lowest BCUT2D eigenvalue weighted by Gasteiger charge is -2.23. The van der Waals surface area contributed by atoms with Gasteiger partial charge in [-0.3, -0.25) is 0 Å². The van der Waals surface area contributed by atoms with Crippen LogP contribution in [0.15, 0.2) is 61.2 Å². The summed E-state index contributed by atoms with van der Waals surface area (Å²) in [6, 6.07) is 13.8. The molecule has 0 aromatic heterocycles. The molecule has 3 rings (SSSR count). The summed E-state index contributed by atoms with van der Waals surface area (Å²) >= 11 is 1.13. The predicted molar refractivity (Wildman–Crippen MR) is 156 cm³/mol. The van der Waals surface area contributed by atoms with E-state index >= 15 is 0 Å². The summed E-state index contributed by atoms with van der Waals surface area (Å²) in [5.41, 5.74) is 3.56. The summed E-state index contributed by atoms with van der Waals surface area (Å²) in [4.78, 5) is 49.9. The number of carbonyl (C=O) groups excluding carboxylic acids is 4. The lowest BCUT2D eigenvalue weighted by Crippen LogP contribution is -2.47. The Hall–Kier alpha value is -3.99. The Morgan fingerprint density at radius 1 is 0.878 bits per heavy atom. The quantitative estimate of drug-likeness (QED) is 0.212. The molecule has 220 valence electrons. The van der Waals surface area contributed by atoms with E-state index in [0.717, 1.165) is 34.0 Å². The van der Waals surface area contributed by atoms with Gasteiger partial charge in [0.1, 0.15) is 30.9 Å². The van der Waals surface area contributed by atoms with Gasteiger partial charge in [0, 0.05) is 17.4 Å². The number of ether oxygens (including phenoxy) is 4. The minimum absolute atomic E-state index is 0.0314. The van der Waals surface area contributed by atoms with Gasteiger partial charge in [-0.2, -0.15) is 11.8 Å². The molecule has 0 aliphatic heterocycles. The minimum Gasteiger partial charge on any atom is -0.467 e. The van der Waals surface area contributed by atoms with Crippen LogP contribution in [0.5, 0.6) is 0 Å². The zero-order valence-electron chi connectivity index (χ0n) is 23.6. The molecule has 2 N–H and O–H groups in total. The fraction of sp³-hybridized carbons (Fsp3) is 0.400. The van der Waals surface area contributed by atoms with Gasteiger partial charge in [0.05, 0.1) is 7.11 Å². The second-order valence-corrected chi connectivity index (χ2v) is 11.3. The van der Waals surface area contributed by atoms with Gasteiger partial charge in [-0.15, -0.1) is 0 Å². The number of nitrogens with one attached hydrogen (secondary N) is 2. The molecule has 11 heteroatoms. The highest BCUT2D eigenvalue weighted by atomic mass is 32.2. The molecular weight excluding hydrogens is 548 g/mol. The molecule has 0 radical (unpaired) electrons. The second-order valence-electron chi connectivity index (χ2n) is 10.2. The molecule has 2 aromatic carbocycles. The van der Waals surface area contributed by atoms with E-state index in [1.807, 2.05) is 48.5 Å². The van der Waals surface area contributed by atoms with Crippen molar-refractivity contribution in [2.24, 2.45) is 0 Å². The molecule has 0 unspecified atom stereocenters. The molecule has 0 bridgehead atoms. The molecule has 0 saturated heterocycles. The fourth-order valence-electron chi connectivity index (χ4n) is 4.26. The van der Waals surface area contributed by atoms with Gasteiger partial charge in [0.15, 0.2) is 0 Å². The van der Waals surface area contributed by atoms with Crippen molar-refractivity contribution in [3.63, 3.8) is 0 Å². The number of hydrogen-bond donors (Lipinski definition) is 2. The Bertz CT molecular complexity index is 1210. The molecule has 1 aliphatic carbocycles. The average Bonchev–Trinajstić information content (AvgIpc) is 3.25. The van der Waals surface area contributed by atoms with Crippen molar-refractivity contribution in [2.75, 3.05) is 31.8 Å². The molecular formula is C30H36N2O8S. The molecule has 1 aliphatic rings. The number of fused-ring (bicyclic) bond motifs is 3. The lowest BCUT2D eigenvalue weighted by atomic mass is 9.98. The molecule has 0 saturated carbocycles. The zero-order chi connectivity index (χ0) is 30.0. The average molecular weight is 585 g/mol. The van der Waals surface area contributed by atoms with Gasteiger partial charge in [-0.1, -0.05) is 61.2 Å². The summed E-state index contributed by atoms with van der Waals surface area (Å²) in [7, 11) is 1.20. The number of esters is 2. The van der Waals surface area contributed by atoms with Gasteiger partial charge < -0.3 is 29.6 Å². The van der Waals surface area contributed by atoms with Gasteiger partial charge >= 0.3 is 24.1 Å². The van der Waals surface area contributed by atoms with Crippen molar-refractivity contribution in [3.8, 4) is 11.1 Å². The van der Waals surface area contributed by atoms with Crippen LogP contribution in [-0.4, -0.2) is 73.6 Å².